The summed E-state index contributed by atoms with van der Waals surface area (Å²) in [6.07, 6.45) is 3.49. The fraction of sp³-hybridized carbons (Fsp3) is 0.346. The minimum absolute atomic E-state index is 0. The Morgan fingerprint density at radius 3 is 2.57 bits per heavy atom. The smallest absolute Gasteiger partial charge is 0.387 e. The van der Waals surface area contributed by atoms with E-state index in [2.05, 4.69) is 30.2 Å². The van der Waals surface area contributed by atoms with Gasteiger partial charge in [0, 0.05) is 55.9 Å². The standard InChI is InChI=1S/C26H29F2N5O3.HI/c1-26(2)16-33(10-11-35-26)25-31-14-19(15-32-25)17-8-9-20(23(34)29-3)21(12-17)30-13-18-6-4-5-7-22(18)36-24(27)28;/h4-9,12,14-15,24,30H,10-11,13,16H2,1-3H3,(H,29,34);1H. The minimum atomic E-state index is -2.93. The molecule has 0 saturated carbocycles. The van der Waals surface area contributed by atoms with E-state index in [-0.39, 0.29) is 47.8 Å². The highest BCUT2D eigenvalue weighted by atomic mass is 127. The first kappa shape index (κ1) is 28.5. The van der Waals surface area contributed by atoms with Gasteiger partial charge in [0.05, 0.1) is 17.8 Å². The fourth-order valence-electron chi connectivity index (χ4n) is 4.07. The minimum Gasteiger partial charge on any atom is -0.434 e. The lowest BCUT2D eigenvalue weighted by Gasteiger charge is -2.38. The zero-order valence-electron chi connectivity index (χ0n) is 20.8. The van der Waals surface area contributed by atoms with Crippen LogP contribution in [0.2, 0.25) is 0 Å². The quantitative estimate of drug-likeness (QED) is 0.343. The number of benzene rings is 2. The van der Waals surface area contributed by atoms with Crippen molar-refractivity contribution in [3.63, 3.8) is 0 Å². The van der Waals surface area contributed by atoms with E-state index >= 15 is 0 Å². The van der Waals surface area contributed by atoms with Crippen LogP contribution in [0.15, 0.2) is 54.9 Å². The number of hydrogen-bond donors (Lipinski definition) is 2. The van der Waals surface area contributed by atoms with Crippen molar-refractivity contribution in [2.24, 2.45) is 0 Å². The van der Waals surface area contributed by atoms with Gasteiger partial charge in [-0.15, -0.1) is 24.0 Å². The summed E-state index contributed by atoms with van der Waals surface area (Å²) in [4.78, 5) is 23.7. The van der Waals surface area contributed by atoms with Gasteiger partial charge in [-0.3, -0.25) is 4.79 Å². The maximum atomic E-state index is 12.8. The van der Waals surface area contributed by atoms with Crippen LogP contribution in [0.5, 0.6) is 5.75 Å². The van der Waals surface area contributed by atoms with E-state index in [1.807, 2.05) is 26.0 Å². The molecule has 0 unspecified atom stereocenters. The van der Waals surface area contributed by atoms with Gasteiger partial charge >= 0.3 is 6.61 Å². The molecule has 1 fully saturated rings. The zero-order chi connectivity index (χ0) is 25.7. The molecule has 198 valence electrons. The second kappa shape index (κ2) is 12.5. The van der Waals surface area contributed by atoms with Gasteiger partial charge in [-0.05, 0) is 37.6 Å². The van der Waals surface area contributed by atoms with Crippen molar-refractivity contribution < 1.29 is 23.0 Å². The van der Waals surface area contributed by atoms with Crippen molar-refractivity contribution in [1.82, 2.24) is 15.3 Å². The van der Waals surface area contributed by atoms with Crippen molar-refractivity contribution in [3.05, 3.63) is 66.0 Å². The number of halogens is 3. The van der Waals surface area contributed by atoms with Gasteiger partial charge < -0.3 is 25.0 Å². The SMILES string of the molecule is CNC(=O)c1ccc(-c2cnc(N3CCOC(C)(C)C3)nc2)cc1NCc1ccccc1OC(F)F.I. The number of aromatic nitrogens is 2. The highest BCUT2D eigenvalue weighted by molar-refractivity contribution is 14.0. The number of rotatable bonds is 8. The largest absolute Gasteiger partial charge is 0.434 e. The van der Waals surface area contributed by atoms with Crippen LogP contribution in [0, 0.1) is 0 Å². The van der Waals surface area contributed by atoms with E-state index in [0.29, 0.717) is 42.5 Å². The number of ether oxygens (including phenoxy) is 2. The number of hydrogen-bond acceptors (Lipinski definition) is 7. The topological polar surface area (TPSA) is 88.6 Å². The highest BCUT2D eigenvalue weighted by Crippen LogP contribution is 2.28. The molecule has 2 heterocycles. The Bertz CT molecular complexity index is 1210. The van der Waals surface area contributed by atoms with Gasteiger partial charge in [-0.25, -0.2) is 9.97 Å². The van der Waals surface area contributed by atoms with E-state index in [9.17, 15) is 13.6 Å². The van der Waals surface area contributed by atoms with Gasteiger partial charge in [-0.2, -0.15) is 8.78 Å². The first-order valence-corrected chi connectivity index (χ1v) is 11.6. The van der Waals surface area contributed by atoms with E-state index in [0.717, 1.165) is 11.1 Å². The first-order valence-electron chi connectivity index (χ1n) is 11.6. The zero-order valence-corrected chi connectivity index (χ0v) is 23.2. The molecular formula is C26H30F2IN5O3. The number of nitrogens with one attached hydrogen (secondary N) is 2. The number of nitrogens with zero attached hydrogens (tertiary/aromatic N) is 3. The van der Waals surface area contributed by atoms with Crippen LogP contribution in [0.25, 0.3) is 11.1 Å². The summed E-state index contributed by atoms with van der Waals surface area (Å²) in [6.45, 7) is 3.34. The summed E-state index contributed by atoms with van der Waals surface area (Å²) in [7, 11) is 1.55. The van der Waals surface area contributed by atoms with Crippen molar-refractivity contribution in [2.75, 3.05) is 37.0 Å². The third kappa shape index (κ3) is 7.25. The van der Waals surface area contributed by atoms with Gasteiger partial charge in [-0.1, -0.05) is 24.3 Å². The van der Waals surface area contributed by atoms with Crippen LogP contribution in [-0.4, -0.2) is 54.8 Å². The molecule has 0 radical (unpaired) electrons. The lowest BCUT2D eigenvalue weighted by atomic mass is 10.0. The van der Waals surface area contributed by atoms with Crippen LogP contribution in [0.1, 0.15) is 29.8 Å². The lowest BCUT2D eigenvalue weighted by Crippen LogP contribution is -2.48. The van der Waals surface area contributed by atoms with Gasteiger partial charge in [0.1, 0.15) is 5.75 Å². The Morgan fingerprint density at radius 1 is 1.16 bits per heavy atom. The Balaban J connectivity index is 0.00000380. The summed E-state index contributed by atoms with van der Waals surface area (Å²) in [5.74, 6) is 0.432. The number of carbonyl (C=O) groups is 1. The second-order valence-electron chi connectivity index (χ2n) is 8.98. The van der Waals surface area contributed by atoms with Gasteiger partial charge in [0.25, 0.3) is 5.91 Å². The van der Waals surface area contributed by atoms with Crippen LogP contribution in [0.3, 0.4) is 0 Å². The normalized spacial score (nSPS) is 14.6. The molecule has 1 amide bonds. The summed E-state index contributed by atoms with van der Waals surface area (Å²) in [6, 6.07) is 11.9. The first-order chi connectivity index (χ1) is 17.3. The van der Waals surface area contributed by atoms with Crippen LogP contribution >= 0.6 is 24.0 Å². The van der Waals surface area contributed by atoms with Crippen LogP contribution in [-0.2, 0) is 11.3 Å². The molecule has 11 heteroatoms. The number of carbonyl (C=O) groups excluding carboxylic acids is 1. The summed E-state index contributed by atoms with van der Waals surface area (Å²) < 4.78 is 36.0. The summed E-state index contributed by atoms with van der Waals surface area (Å²) >= 11 is 0. The Hall–Kier alpha value is -3.06. The number of alkyl halides is 2. The molecule has 8 nitrogen and oxygen atoms in total. The Morgan fingerprint density at radius 2 is 1.89 bits per heavy atom. The van der Waals surface area contributed by atoms with Crippen molar-refractivity contribution >= 4 is 41.5 Å². The van der Waals surface area contributed by atoms with Gasteiger partial charge in [0.15, 0.2) is 0 Å². The maximum Gasteiger partial charge on any atom is 0.387 e. The number of anilines is 2. The lowest BCUT2D eigenvalue weighted by molar-refractivity contribution is -0.0504. The molecule has 37 heavy (non-hydrogen) atoms. The van der Waals surface area contributed by atoms with Crippen molar-refractivity contribution in [3.8, 4) is 16.9 Å². The Labute approximate surface area is 231 Å². The molecular weight excluding hydrogens is 595 g/mol. The summed E-state index contributed by atoms with van der Waals surface area (Å²) in [5, 5.41) is 5.82. The monoisotopic (exact) mass is 625 g/mol. The maximum absolute atomic E-state index is 12.8. The highest BCUT2D eigenvalue weighted by Gasteiger charge is 2.28. The van der Waals surface area contributed by atoms with E-state index in [1.54, 1.807) is 43.7 Å². The molecule has 0 spiro atoms. The van der Waals surface area contributed by atoms with E-state index in [4.69, 9.17) is 4.74 Å². The summed E-state index contributed by atoms with van der Waals surface area (Å²) in [5.41, 5.74) is 2.80. The molecule has 0 atom stereocenters. The molecule has 3 aromatic rings. The number of para-hydroxylation sites is 1. The van der Waals surface area contributed by atoms with Crippen molar-refractivity contribution in [2.45, 2.75) is 32.6 Å². The van der Waals surface area contributed by atoms with E-state index < -0.39 is 6.61 Å². The predicted molar refractivity (Wildman–Crippen MR) is 149 cm³/mol. The van der Waals surface area contributed by atoms with Gasteiger partial charge in [0.2, 0.25) is 5.95 Å². The Kier molecular flexibility index (Phi) is 9.60. The third-order valence-corrected chi connectivity index (χ3v) is 5.83. The van der Waals surface area contributed by atoms with Crippen LogP contribution in [0.4, 0.5) is 20.4 Å². The molecule has 2 N–H and O–H groups in total. The predicted octanol–water partition coefficient (Wildman–Crippen LogP) is 4.95. The molecule has 4 rings (SSSR count). The molecule has 1 saturated heterocycles. The second-order valence-corrected chi connectivity index (χ2v) is 8.98. The molecule has 1 aromatic heterocycles. The molecule has 1 aliphatic rings. The van der Waals surface area contributed by atoms with Crippen LogP contribution < -0.4 is 20.3 Å². The number of amides is 1. The van der Waals surface area contributed by atoms with Crippen molar-refractivity contribution in [1.29, 1.82) is 0 Å². The van der Waals surface area contributed by atoms with E-state index in [1.165, 1.54) is 6.07 Å². The average Bonchev–Trinajstić information content (AvgIpc) is 2.87. The molecule has 0 aliphatic carbocycles. The molecule has 0 bridgehead atoms. The third-order valence-electron chi connectivity index (χ3n) is 5.83. The average molecular weight is 625 g/mol. The number of morpholine rings is 1. The molecule has 1 aliphatic heterocycles. The molecule has 2 aromatic carbocycles. The fourth-order valence-corrected chi connectivity index (χ4v) is 4.07.